The van der Waals surface area contributed by atoms with Gasteiger partial charge in [0.15, 0.2) is 0 Å². The van der Waals surface area contributed by atoms with Crippen molar-refractivity contribution in [1.29, 1.82) is 0 Å². The van der Waals surface area contributed by atoms with Crippen LogP contribution in [0.2, 0.25) is 0 Å². The summed E-state index contributed by atoms with van der Waals surface area (Å²) in [4.78, 5) is 39.7. The average molecular weight is 367 g/mol. The van der Waals surface area contributed by atoms with Gasteiger partial charge in [-0.1, -0.05) is 30.3 Å². The number of hydrogen-bond acceptors (Lipinski definition) is 4. The van der Waals surface area contributed by atoms with Crippen LogP contribution in [0.4, 0.5) is 4.79 Å². The number of benzene rings is 1. The molecule has 4 rings (SSSR count). The molecule has 0 aliphatic carbocycles. The topological polar surface area (TPSA) is 87.5 Å². The zero-order chi connectivity index (χ0) is 19.0. The van der Waals surface area contributed by atoms with E-state index in [0.717, 1.165) is 11.3 Å². The Hall–Kier alpha value is -3.16. The Bertz CT molecular complexity index is 868. The van der Waals surface area contributed by atoms with E-state index in [1.165, 1.54) is 4.90 Å². The fourth-order valence-electron chi connectivity index (χ4n) is 3.71. The molecule has 4 amide bonds. The van der Waals surface area contributed by atoms with Crippen LogP contribution in [0.3, 0.4) is 0 Å². The van der Waals surface area contributed by atoms with Gasteiger partial charge in [-0.2, -0.15) is 5.10 Å². The molecular weight excluding hydrogens is 346 g/mol. The van der Waals surface area contributed by atoms with Crippen LogP contribution in [0.25, 0.3) is 11.3 Å². The second-order valence-electron chi connectivity index (χ2n) is 6.85. The van der Waals surface area contributed by atoms with E-state index < -0.39 is 0 Å². The standard InChI is InChI=1S/C19H21N5O3/c1-22-16(11-15(21-22)13-5-3-2-4-6-13)18(26)23-9-7-14(8-10-23)24-17(25)12-20-19(24)27/h2-6,11,14H,7-10,12H2,1H3,(H,20,27). The van der Waals surface area contributed by atoms with Gasteiger partial charge in [0.05, 0.1) is 12.2 Å². The largest absolute Gasteiger partial charge is 0.337 e. The van der Waals surface area contributed by atoms with Gasteiger partial charge in [0.25, 0.3) is 5.91 Å². The molecule has 2 aliphatic heterocycles. The van der Waals surface area contributed by atoms with Crippen LogP contribution in [-0.4, -0.2) is 63.1 Å². The molecular formula is C19H21N5O3. The number of amides is 4. The maximum Gasteiger partial charge on any atom is 0.324 e. The number of imide groups is 1. The molecule has 1 aromatic carbocycles. The highest BCUT2D eigenvalue weighted by Gasteiger charge is 2.37. The van der Waals surface area contributed by atoms with Crippen molar-refractivity contribution < 1.29 is 14.4 Å². The quantitative estimate of drug-likeness (QED) is 0.827. The lowest BCUT2D eigenvalue weighted by Crippen LogP contribution is -2.49. The van der Waals surface area contributed by atoms with Gasteiger partial charge in [0.2, 0.25) is 5.91 Å². The summed E-state index contributed by atoms with van der Waals surface area (Å²) in [6, 6.07) is 11.1. The Kier molecular flexibility index (Phi) is 4.39. The van der Waals surface area contributed by atoms with Crippen molar-refractivity contribution in [2.24, 2.45) is 7.05 Å². The SMILES string of the molecule is Cn1nc(-c2ccccc2)cc1C(=O)N1CCC(N2C(=O)CNC2=O)CC1. The van der Waals surface area contributed by atoms with Gasteiger partial charge in [-0.15, -0.1) is 0 Å². The van der Waals surface area contributed by atoms with Gasteiger partial charge >= 0.3 is 6.03 Å². The Morgan fingerprint density at radius 1 is 1.15 bits per heavy atom. The van der Waals surface area contributed by atoms with Gasteiger partial charge in [-0.3, -0.25) is 19.2 Å². The van der Waals surface area contributed by atoms with Gasteiger partial charge in [-0.05, 0) is 18.9 Å². The number of likely N-dealkylation sites (tertiary alicyclic amines) is 1. The van der Waals surface area contributed by atoms with E-state index in [2.05, 4.69) is 10.4 Å². The number of piperidine rings is 1. The Labute approximate surface area is 156 Å². The molecule has 8 nitrogen and oxygen atoms in total. The lowest BCUT2D eigenvalue weighted by atomic mass is 10.0. The second kappa shape index (κ2) is 6.86. The number of carbonyl (C=O) groups is 3. The lowest BCUT2D eigenvalue weighted by molar-refractivity contribution is -0.127. The first-order valence-electron chi connectivity index (χ1n) is 9.03. The minimum absolute atomic E-state index is 0.0647. The number of urea groups is 1. The number of carbonyl (C=O) groups excluding carboxylic acids is 3. The molecule has 2 fully saturated rings. The molecule has 3 heterocycles. The predicted octanol–water partition coefficient (Wildman–Crippen LogP) is 1.24. The first-order chi connectivity index (χ1) is 13.0. The molecule has 0 saturated carbocycles. The summed E-state index contributed by atoms with van der Waals surface area (Å²) in [7, 11) is 1.76. The normalized spacial score (nSPS) is 18.1. The van der Waals surface area contributed by atoms with Crippen molar-refractivity contribution in [2.45, 2.75) is 18.9 Å². The summed E-state index contributed by atoms with van der Waals surface area (Å²) in [6.45, 7) is 1.08. The van der Waals surface area contributed by atoms with E-state index in [-0.39, 0.29) is 30.4 Å². The predicted molar refractivity (Wildman–Crippen MR) is 97.8 cm³/mol. The van der Waals surface area contributed by atoms with Gasteiger partial charge in [-0.25, -0.2) is 4.79 Å². The molecule has 0 bridgehead atoms. The number of nitrogens with one attached hydrogen (secondary N) is 1. The fraction of sp³-hybridized carbons (Fsp3) is 0.368. The van der Waals surface area contributed by atoms with Gasteiger partial charge < -0.3 is 10.2 Å². The first kappa shape index (κ1) is 17.3. The zero-order valence-corrected chi connectivity index (χ0v) is 15.1. The van der Waals surface area contributed by atoms with E-state index in [0.29, 0.717) is 31.6 Å². The third kappa shape index (κ3) is 3.18. The Morgan fingerprint density at radius 2 is 1.85 bits per heavy atom. The highest BCUT2D eigenvalue weighted by Crippen LogP contribution is 2.23. The van der Waals surface area contributed by atoms with E-state index >= 15 is 0 Å². The minimum Gasteiger partial charge on any atom is -0.337 e. The van der Waals surface area contributed by atoms with Crippen LogP contribution >= 0.6 is 0 Å². The smallest absolute Gasteiger partial charge is 0.324 e. The third-order valence-corrected chi connectivity index (χ3v) is 5.16. The second-order valence-corrected chi connectivity index (χ2v) is 6.85. The highest BCUT2D eigenvalue weighted by molar-refractivity contribution is 6.02. The monoisotopic (exact) mass is 367 g/mol. The van der Waals surface area contributed by atoms with Crippen molar-refractivity contribution in [1.82, 2.24) is 24.9 Å². The molecule has 8 heteroatoms. The van der Waals surface area contributed by atoms with E-state index in [1.807, 2.05) is 30.3 Å². The molecule has 2 aromatic rings. The maximum absolute atomic E-state index is 12.9. The molecule has 1 aromatic heterocycles. The molecule has 0 atom stereocenters. The molecule has 140 valence electrons. The minimum atomic E-state index is -0.330. The van der Waals surface area contributed by atoms with Crippen LogP contribution in [-0.2, 0) is 11.8 Å². The summed E-state index contributed by atoms with van der Waals surface area (Å²) < 4.78 is 1.61. The number of rotatable bonds is 3. The summed E-state index contributed by atoms with van der Waals surface area (Å²) in [5, 5.41) is 7.01. The molecule has 1 N–H and O–H groups in total. The molecule has 0 radical (unpaired) electrons. The summed E-state index contributed by atoms with van der Waals surface area (Å²) >= 11 is 0. The maximum atomic E-state index is 12.9. The lowest BCUT2D eigenvalue weighted by Gasteiger charge is -2.35. The summed E-state index contributed by atoms with van der Waals surface area (Å²) in [5.41, 5.74) is 2.25. The van der Waals surface area contributed by atoms with Crippen LogP contribution in [0.5, 0.6) is 0 Å². The number of aromatic nitrogens is 2. The number of aryl methyl sites for hydroxylation is 1. The van der Waals surface area contributed by atoms with Crippen LogP contribution in [0, 0.1) is 0 Å². The van der Waals surface area contributed by atoms with Gasteiger partial charge in [0, 0.05) is 31.7 Å². The molecule has 27 heavy (non-hydrogen) atoms. The molecule has 0 unspecified atom stereocenters. The number of nitrogens with zero attached hydrogens (tertiary/aromatic N) is 4. The Morgan fingerprint density at radius 3 is 2.48 bits per heavy atom. The summed E-state index contributed by atoms with van der Waals surface area (Å²) in [5.74, 6) is -0.272. The molecule has 2 aliphatic rings. The van der Waals surface area contributed by atoms with E-state index in [9.17, 15) is 14.4 Å². The zero-order valence-electron chi connectivity index (χ0n) is 15.1. The average Bonchev–Trinajstić information content (AvgIpc) is 3.24. The highest BCUT2D eigenvalue weighted by atomic mass is 16.2. The van der Waals surface area contributed by atoms with Crippen LogP contribution < -0.4 is 5.32 Å². The summed E-state index contributed by atoms with van der Waals surface area (Å²) in [6.07, 6.45) is 1.18. The van der Waals surface area contributed by atoms with Gasteiger partial charge in [0.1, 0.15) is 5.69 Å². The van der Waals surface area contributed by atoms with Crippen molar-refractivity contribution in [3.8, 4) is 11.3 Å². The Balaban J connectivity index is 1.45. The van der Waals surface area contributed by atoms with Crippen molar-refractivity contribution >= 4 is 17.8 Å². The first-order valence-corrected chi connectivity index (χ1v) is 9.03. The van der Waals surface area contributed by atoms with Crippen LogP contribution in [0.1, 0.15) is 23.3 Å². The van der Waals surface area contributed by atoms with Crippen molar-refractivity contribution in [3.05, 3.63) is 42.1 Å². The molecule has 2 saturated heterocycles. The van der Waals surface area contributed by atoms with E-state index in [1.54, 1.807) is 22.7 Å². The number of hydrogen-bond donors (Lipinski definition) is 1. The third-order valence-electron chi connectivity index (χ3n) is 5.16. The van der Waals surface area contributed by atoms with E-state index in [4.69, 9.17) is 0 Å². The van der Waals surface area contributed by atoms with Crippen molar-refractivity contribution in [2.75, 3.05) is 19.6 Å². The van der Waals surface area contributed by atoms with Crippen molar-refractivity contribution in [3.63, 3.8) is 0 Å². The molecule has 0 spiro atoms. The fourth-order valence-corrected chi connectivity index (χ4v) is 3.71. The van der Waals surface area contributed by atoms with Crippen LogP contribution in [0.15, 0.2) is 36.4 Å².